The van der Waals surface area contributed by atoms with E-state index in [1.165, 1.54) is 96.4 Å². The molecule has 39 heavy (non-hydrogen) atoms. The summed E-state index contributed by atoms with van der Waals surface area (Å²) in [5.41, 5.74) is 0. The van der Waals surface area contributed by atoms with Crippen molar-refractivity contribution in [3.05, 3.63) is 0 Å². The van der Waals surface area contributed by atoms with Gasteiger partial charge in [-0.15, -0.1) is 0 Å². The molecular weight excluding hydrogens is 552 g/mol. The molecule has 8 nitrogen and oxygen atoms in total. The average Bonchev–Trinajstić information content (AvgIpc) is 2.79. The van der Waals surface area contributed by atoms with E-state index < -0.39 is 18.2 Å². The summed E-state index contributed by atoms with van der Waals surface area (Å²) in [6.45, 7) is 13.4. The predicted molar refractivity (Wildman–Crippen MR) is 171 cm³/mol. The molecule has 0 saturated heterocycles. The Labute approximate surface area is 289 Å². The van der Waals surface area contributed by atoms with Crippen LogP contribution >= 0.6 is 0 Å². The maximum absolute atomic E-state index is 8.74. The summed E-state index contributed by atoms with van der Waals surface area (Å²) >= 11 is 0. The fourth-order valence-corrected chi connectivity index (χ4v) is 5.65. The fourth-order valence-electron chi connectivity index (χ4n) is 3.74. The van der Waals surface area contributed by atoms with Crippen LogP contribution in [-0.2, 0) is 22.2 Å². The normalized spacial score (nSPS) is 10.8. The van der Waals surface area contributed by atoms with Crippen molar-refractivity contribution >= 4 is 77.3 Å². The topological polar surface area (TPSA) is 94.5 Å². The molecule has 0 radical (unpaired) electrons. The number of quaternary nitrogens is 1. The number of nitrogens with zero attached hydrogens (tertiary/aromatic N) is 1. The first-order valence-corrected chi connectivity index (χ1v) is 17.8. The Bertz CT molecular complexity index is 444. The Morgan fingerprint density at radius 2 is 0.769 bits per heavy atom. The minimum atomic E-state index is -3.13. The minimum absolute atomic E-state index is 0. The van der Waals surface area contributed by atoms with Crippen molar-refractivity contribution < 1.29 is 36.2 Å². The van der Waals surface area contributed by atoms with Gasteiger partial charge in [-0.2, -0.15) is 0 Å². The van der Waals surface area contributed by atoms with Crippen molar-refractivity contribution in [3.8, 4) is 0 Å². The third-order valence-electron chi connectivity index (χ3n) is 5.47. The molecule has 0 amide bonds. The molecule has 12 heteroatoms. The van der Waals surface area contributed by atoms with E-state index in [1.807, 2.05) is 27.7 Å². The van der Waals surface area contributed by atoms with Crippen molar-refractivity contribution in [1.82, 2.24) is 0 Å². The van der Waals surface area contributed by atoms with Gasteiger partial charge in [0.1, 0.15) is 0 Å². The average molecular weight is 619 g/mol. The van der Waals surface area contributed by atoms with Gasteiger partial charge in [0.2, 0.25) is 0 Å². The quantitative estimate of drug-likeness (QED) is 0.0963. The van der Waals surface area contributed by atoms with Gasteiger partial charge < -0.3 is 31.8 Å². The summed E-state index contributed by atoms with van der Waals surface area (Å²) in [7, 11) is 0.957. The van der Waals surface area contributed by atoms with E-state index in [2.05, 4.69) is 28.1 Å². The van der Waals surface area contributed by atoms with E-state index in [-0.39, 0.29) is 59.1 Å². The molecule has 0 rings (SSSR count). The van der Waals surface area contributed by atoms with Crippen LogP contribution in [-0.4, -0.2) is 146 Å². The van der Waals surface area contributed by atoms with E-state index in [0.717, 1.165) is 4.48 Å². The summed E-state index contributed by atoms with van der Waals surface area (Å²) in [6, 6.07) is 0. The first kappa shape index (κ1) is 50.3. The van der Waals surface area contributed by atoms with Gasteiger partial charge in [0.15, 0.2) is 0 Å². The van der Waals surface area contributed by atoms with E-state index in [4.69, 9.17) is 31.8 Å². The Morgan fingerprint density at radius 3 is 0.974 bits per heavy atom. The van der Waals surface area contributed by atoms with Gasteiger partial charge >= 0.3 is 77.3 Å². The SMILES string of the molecule is CCCCCCCCCCCCCCCC[N+](C)(C)C.CCO[Si](OCC)(OCC)OCC.O=[Si](O)O.[NaH].[NaH]. The van der Waals surface area contributed by atoms with Gasteiger partial charge in [0.25, 0.3) is 0 Å². The monoisotopic (exact) mass is 618 g/mol. The molecule has 0 aromatic heterocycles. The summed E-state index contributed by atoms with van der Waals surface area (Å²) in [5, 5.41) is 0. The molecule has 0 unspecified atom stereocenters. The molecule has 0 spiro atoms. The molecule has 0 aromatic rings. The second-order valence-electron chi connectivity index (χ2n) is 10.1. The zero-order chi connectivity index (χ0) is 28.8. The fraction of sp³-hybridized carbons (Fsp3) is 1.00. The Kier molecular flexibility index (Phi) is 48.5. The van der Waals surface area contributed by atoms with Crippen LogP contribution in [0.2, 0.25) is 0 Å². The van der Waals surface area contributed by atoms with E-state index in [9.17, 15) is 0 Å². The van der Waals surface area contributed by atoms with E-state index >= 15 is 0 Å². The van der Waals surface area contributed by atoms with Crippen LogP contribution < -0.4 is 0 Å². The molecule has 0 aliphatic heterocycles. The van der Waals surface area contributed by atoms with Gasteiger partial charge in [0.05, 0.1) is 27.7 Å². The molecular formula is C27H66NNa2O7Si2+. The van der Waals surface area contributed by atoms with Crippen LogP contribution in [0.3, 0.4) is 0 Å². The van der Waals surface area contributed by atoms with Gasteiger partial charge in [0, 0.05) is 26.4 Å². The van der Waals surface area contributed by atoms with Gasteiger partial charge in [-0.05, 0) is 40.5 Å². The molecule has 0 fully saturated rings. The molecule has 230 valence electrons. The molecule has 0 aliphatic rings. The molecule has 2 N–H and O–H groups in total. The maximum atomic E-state index is 8.74. The van der Waals surface area contributed by atoms with Crippen LogP contribution in [0.1, 0.15) is 125 Å². The van der Waals surface area contributed by atoms with E-state index in [1.54, 1.807) is 0 Å². The first-order valence-electron chi connectivity index (χ1n) is 14.8. The van der Waals surface area contributed by atoms with Crippen molar-refractivity contribution in [2.45, 2.75) is 125 Å². The molecule has 0 aliphatic carbocycles. The van der Waals surface area contributed by atoms with Crippen LogP contribution in [0.15, 0.2) is 0 Å². The zero-order valence-electron chi connectivity index (χ0n) is 25.8. The first-order chi connectivity index (χ1) is 17.5. The van der Waals surface area contributed by atoms with E-state index in [0.29, 0.717) is 26.4 Å². The number of hydrogen-bond acceptors (Lipinski definition) is 5. The summed E-state index contributed by atoms with van der Waals surface area (Å²) < 4.78 is 31.6. The van der Waals surface area contributed by atoms with Crippen LogP contribution in [0.4, 0.5) is 0 Å². The summed E-state index contributed by atoms with van der Waals surface area (Å²) in [5.74, 6) is 0. The second-order valence-corrected chi connectivity index (χ2v) is 12.8. The van der Waals surface area contributed by atoms with Gasteiger partial charge in [-0.3, -0.25) is 4.46 Å². The predicted octanol–water partition coefficient (Wildman–Crippen LogP) is 4.83. The van der Waals surface area contributed by atoms with Crippen molar-refractivity contribution in [2.75, 3.05) is 54.1 Å². The van der Waals surface area contributed by atoms with Crippen molar-refractivity contribution in [2.24, 2.45) is 0 Å². The second kappa shape index (κ2) is 37.7. The van der Waals surface area contributed by atoms with Crippen molar-refractivity contribution in [1.29, 1.82) is 0 Å². The summed E-state index contributed by atoms with van der Waals surface area (Å²) in [4.78, 5) is 14.3. The Balaban J connectivity index is -0.000000175. The Hall–Kier alpha value is 1.63. The Morgan fingerprint density at radius 1 is 0.538 bits per heavy atom. The molecule has 0 atom stereocenters. The number of hydrogen-bond donors (Lipinski definition) is 2. The van der Waals surface area contributed by atoms with Gasteiger partial charge in [-0.25, -0.2) is 0 Å². The third kappa shape index (κ3) is 46.8. The summed E-state index contributed by atoms with van der Waals surface area (Å²) in [6.07, 6.45) is 20.4. The number of rotatable bonds is 23. The van der Waals surface area contributed by atoms with Crippen LogP contribution in [0, 0.1) is 0 Å². The van der Waals surface area contributed by atoms with Gasteiger partial charge in [-0.1, -0.05) is 84.0 Å². The molecule has 0 bridgehead atoms. The third-order valence-corrected chi connectivity index (χ3v) is 8.04. The molecule has 0 aromatic carbocycles. The number of unbranched alkanes of at least 4 members (excludes halogenated alkanes) is 13. The molecule has 0 saturated carbocycles. The van der Waals surface area contributed by atoms with Crippen molar-refractivity contribution in [3.63, 3.8) is 0 Å². The standard InChI is InChI=1S/C19H42N.C8H20O4Si.2Na.H2O3Si.2H/c1-5-6-7-8-9-10-11-12-13-14-15-16-17-18-19-20(2,3)4;1-5-9-13(10-6-2,11-7-3)12-8-4;;;1-4(2)3;;/h5-19H2,1-4H3;5-8H2,1-4H3;;;1-2H;;/q+1;;;;;;. The van der Waals surface area contributed by atoms with Crippen LogP contribution in [0.25, 0.3) is 0 Å². The zero-order valence-corrected chi connectivity index (χ0v) is 27.8. The van der Waals surface area contributed by atoms with Crippen LogP contribution in [0.5, 0.6) is 0 Å². The molecule has 0 heterocycles.